The zero-order valence-corrected chi connectivity index (χ0v) is 9.38. The molecule has 4 heteroatoms. The molecular weight excluding hydrogens is 194 g/mol. The summed E-state index contributed by atoms with van der Waals surface area (Å²) in [6.07, 6.45) is 5.26. The smallest absolute Gasteiger partial charge is 0.143 e. The van der Waals surface area contributed by atoms with Gasteiger partial charge in [0.15, 0.2) is 0 Å². The van der Waals surface area contributed by atoms with Gasteiger partial charge in [-0.3, -0.25) is 9.97 Å². The second-order valence-corrected chi connectivity index (χ2v) is 3.27. The topological polar surface area (TPSA) is 38.7 Å². The van der Waals surface area contributed by atoms with Crippen LogP contribution in [-0.4, -0.2) is 15.0 Å². The van der Waals surface area contributed by atoms with Gasteiger partial charge in [-0.1, -0.05) is 13.8 Å². The lowest BCUT2D eigenvalue weighted by atomic mass is 10.4. The Bertz CT molecular complexity index is 353. The molecule has 0 aromatic carbocycles. The Balaban J connectivity index is 0.000000461. The van der Waals surface area contributed by atoms with Gasteiger partial charge in [-0.25, -0.2) is 4.98 Å². The van der Waals surface area contributed by atoms with Crippen molar-refractivity contribution < 1.29 is 0 Å². The second kappa shape index (κ2) is 5.44. The van der Waals surface area contributed by atoms with E-state index in [-0.39, 0.29) is 0 Å². The summed E-state index contributed by atoms with van der Waals surface area (Å²) in [6.45, 7) is 5.92. The number of aromatic nitrogens is 3. The minimum atomic E-state index is 0.843. The molecule has 2 aromatic rings. The molecule has 0 unspecified atom stereocenters. The van der Waals surface area contributed by atoms with Gasteiger partial charge in [0.1, 0.15) is 10.7 Å². The van der Waals surface area contributed by atoms with Crippen LogP contribution in [0.1, 0.15) is 19.5 Å². The molecule has 0 bridgehead atoms. The van der Waals surface area contributed by atoms with Crippen molar-refractivity contribution in [3.8, 4) is 10.7 Å². The van der Waals surface area contributed by atoms with E-state index in [2.05, 4.69) is 15.0 Å². The highest BCUT2D eigenvalue weighted by Crippen LogP contribution is 2.17. The minimum Gasteiger partial charge on any atom is -0.258 e. The summed E-state index contributed by atoms with van der Waals surface area (Å²) in [7, 11) is 0. The molecule has 74 valence electrons. The van der Waals surface area contributed by atoms with E-state index in [9.17, 15) is 0 Å². The number of thiazole rings is 1. The van der Waals surface area contributed by atoms with E-state index in [0.29, 0.717) is 0 Å². The number of rotatable bonds is 1. The van der Waals surface area contributed by atoms with Crippen molar-refractivity contribution in [1.82, 2.24) is 15.0 Å². The van der Waals surface area contributed by atoms with Gasteiger partial charge < -0.3 is 0 Å². The Morgan fingerprint density at radius 1 is 1.07 bits per heavy atom. The van der Waals surface area contributed by atoms with Gasteiger partial charge in [0.25, 0.3) is 0 Å². The van der Waals surface area contributed by atoms with Crippen LogP contribution in [0.4, 0.5) is 0 Å². The van der Waals surface area contributed by atoms with Crippen molar-refractivity contribution in [2.75, 3.05) is 0 Å². The molecule has 14 heavy (non-hydrogen) atoms. The molecule has 0 radical (unpaired) electrons. The summed E-state index contributed by atoms with van der Waals surface area (Å²) in [5.41, 5.74) is 1.77. The van der Waals surface area contributed by atoms with Crippen molar-refractivity contribution in [3.05, 3.63) is 29.7 Å². The highest BCUT2D eigenvalue weighted by atomic mass is 32.1. The van der Waals surface area contributed by atoms with Crippen LogP contribution in [0.15, 0.2) is 24.0 Å². The molecule has 2 heterocycles. The zero-order valence-electron chi connectivity index (χ0n) is 8.56. The molecular formula is C10H13N3S. The lowest BCUT2D eigenvalue weighted by Gasteiger charge is -1.93. The van der Waals surface area contributed by atoms with Gasteiger partial charge in [0, 0.05) is 17.8 Å². The van der Waals surface area contributed by atoms with Crippen LogP contribution in [-0.2, 0) is 0 Å². The van der Waals surface area contributed by atoms with Crippen LogP contribution >= 0.6 is 11.3 Å². The summed E-state index contributed by atoms with van der Waals surface area (Å²) in [5, 5.41) is 2.85. The predicted molar refractivity (Wildman–Crippen MR) is 59.2 cm³/mol. The molecule has 3 nitrogen and oxygen atoms in total. The largest absolute Gasteiger partial charge is 0.258 e. The van der Waals surface area contributed by atoms with Crippen molar-refractivity contribution in [2.45, 2.75) is 20.8 Å². The second-order valence-electron chi connectivity index (χ2n) is 2.38. The average Bonchev–Trinajstić information content (AvgIpc) is 2.75. The summed E-state index contributed by atoms with van der Waals surface area (Å²) >= 11 is 1.57. The van der Waals surface area contributed by atoms with E-state index in [4.69, 9.17) is 0 Å². The van der Waals surface area contributed by atoms with E-state index >= 15 is 0 Å². The number of hydrogen-bond donors (Lipinski definition) is 0. The fraction of sp³-hybridized carbons (Fsp3) is 0.300. The Morgan fingerprint density at radius 3 is 2.36 bits per heavy atom. The van der Waals surface area contributed by atoms with E-state index in [1.807, 2.05) is 26.2 Å². The Hall–Kier alpha value is -1.29. The number of hydrogen-bond acceptors (Lipinski definition) is 4. The highest BCUT2D eigenvalue weighted by molar-refractivity contribution is 7.13. The average molecular weight is 207 g/mol. The monoisotopic (exact) mass is 207 g/mol. The predicted octanol–water partition coefficient (Wildman–Crippen LogP) is 2.93. The first-order valence-corrected chi connectivity index (χ1v) is 5.43. The van der Waals surface area contributed by atoms with Crippen LogP contribution in [0.3, 0.4) is 0 Å². The Morgan fingerprint density at radius 2 is 1.86 bits per heavy atom. The third-order valence-electron chi connectivity index (χ3n) is 1.43. The van der Waals surface area contributed by atoms with Crippen LogP contribution in [0.2, 0.25) is 0 Å². The van der Waals surface area contributed by atoms with Crippen molar-refractivity contribution in [3.63, 3.8) is 0 Å². The van der Waals surface area contributed by atoms with Crippen molar-refractivity contribution in [1.29, 1.82) is 0 Å². The summed E-state index contributed by atoms with van der Waals surface area (Å²) in [5.74, 6) is 0. The van der Waals surface area contributed by atoms with Gasteiger partial charge >= 0.3 is 0 Å². The Labute approximate surface area is 87.9 Å². The van der Waals surface area contributed by atoms with Crippen molar-refractivity contribution >= 4 is 11.3 Å². The van der Waals surface area contributed by atoms with Gasteiger partial charge in [-0.2, -0.15) is 0 Å². The normalized spacial score (nSPS) is 9.07. The summed E-state index contributed by atoms with van der Waals surface area (Å²) in [4.78, 5) is 12.5. The van der Waals surface area contributed by atoms with Crippen LogP contribution in [0, 0.1) is 6.92 Å². The first-order valence-electron chi connectivity index (χ1n) is 4.55. The fourth-order valence-electron chi connectivity index (χ4n) is 0.853. The highest BCUT2D eigenvalue weighted by Gasteiger charge is 2.00. The molecule has 0 aliphatic rings. The fourth-order valence-corrected chi connectivity index (χ4v) is 1.45. The maximum Gasteiger partial charge on any atom is 0.143 e. The molecule has 0 aliphatic carbocycles. The van der Waals surface area contributed by atoms with E-state index in [0.717, 1.165) is 16.4 Å². The Kier molecular flexibility index (Phi) is 4.19. The van der Waals surface area contributed by atoms with Gasteiger partial charge in [-0.05, 0) is 6.92 Å². The third kappa shape index (κ3) is 2.60. The molecule has 0 saturated carbocycles. The van der Waals surface area contributed by atoms with E-state index in [1.54, 1.807) is 29.9 Å². The molecule has 0 atom stereocenters. The van der Waals surface area contributed by atoms with E-state index in [1.165, 1.54) is 0 Å². The first kappa shape index (κ1) is 10.8. The first-order chi connectivity index (χ1) is 6.86. The minimum absolute atomic E-state index is 0.843. The summed E-state index contributed by atoms with van der Waals surface area (Å²) < 4.78 is 0. The molecule has 0 saturated heterocycles. The maximum absolute atomic E-state index is 4.21. The van der Waals surface area contributed by atoms with E-state index < -0.39 is 0 Å². The van der Waals surface area contributed by atoms with Crippen LogP contribution in [0.25, 0.3) is 10.7 Å². The van der Waals surface area contributed by atoms with Gasteiger partial charge in [0.2, 0.25) is 0 Å². The molecule has 0 spiro atoms. The number of aryl methyl sites for hydroxylation is 1. The molecule has 0 fully saturated rings. The maximum atomic E-state index is 4.21. The molecule has 2 aromatic heterocycles. The van der Waals surface area contributed by atoms with Crippen LogP contribution < -0.4 is 0 Å². The van der Waals surface area contributed by atoms with Gasteiger partial charge in [0.05, 0.1) is 11.9 Å². The van der Waals surface area contributed by atoms with Gasteiger partial charge in [-0.15, -0.1) is 11.3 Å². The van der Waals surface area contributed by atoms with Crippen LogP contribution in [0.5, 0.6) is 0 Å². The lowest BCUT2D eigenvalue weighted by Crippen LogP contribution is -1.86. The SMILES string of the molecule is CC.Cc1cnc(-c2nccs2)cn1. The molecule has 2 rings (SSSR count). The zero-order chi connectivity index (χ0) is 10.4. The molecule has 0 N–H and O–H groups in total. The third-order valence-corrected chi connectivity index (χ3v) is 2.23. The lowest BCUT2D eigenvalue weighted by molar-refractivity contribution is 1.12. The van der Waals surface area contributed by atoms with Crippen molar-refractivity contribution in [2.24, 2.45) is 0 Å². The molecule has 0 aliphatic heterocycles. The quantitative estimate of drug-likeness (QED) is 0.721. The molecule has 0 amide bonds. The standard InChI is InChI=1S/C8H7N3S.C2H6/c1-6-4-11-7(5-10-6)8-9-2-3-12-8;1-2/h2-5H,1H3;1-2H3. The number of nitrogens with zero attached hydrogens (tertiary/aromatic N) is 3. The summed E-state index contributed by atoms with van der Waals surface area (Å²) in [6, 6.07) is 0.